The molecule has 0 aromatic heterocycles. The second-order valence-electron chi connectivity index (χ2n) is 7.79. The molecule has 1 aromatic rings. The van der Waals surface area contributed by atoms with Crippen molar-refractivity contribution in [3.8, 4) is 0 Å². The molecule has 0 radical (unpaired) electrons. The molecule has 3 rings (SSSR count). The summed E-state index contributed by atoms with van der Waals surface area (Å²) < 4.78 is 20.7. The number of ether oxygens (including phenoxy) is 1. The molecule has 2 fully saturated rings. The van der Waals surface area contributed by atoms with Gasteiger partial charge in [-0.2, -0.15) is 0 Å². The Morgan fingerprint density at radius 1 is 1.26 bits per heavy atom. The summed E-state index contributed by atoms with van der Waals surface area (Å²) in [4.78, 5) is 12.5. The van der Waals surface area contributed by atoms with Crippen LogP contribution in [0.5, 0.6) is 0 Å². The topological polar surface area (TPSA) is 26.3 Å². The second kappa shape index (κ2) is 6.26. The highest BCUT2D eigenvalue weighted by Crippen LogP contribution is 2.56. The molecule has 23 heavy (non-hydrogen) atoms. The van der Waals surface area contributed by atoms with Gasteiger partial charge >= 0.3 is 5.97 Å². The molecule has 2 nitrogen and oxygen atoms in total. The normalized spacial score (nSPS) is 36.7. The van der Waals surface area contributed by atoms with Crippen LogP contribution in [0.2, 0.25) is 0 Å². The zero-order valence-corrected chi connectivity index (χ0v) is 14.3. The first-order valence-electron chi connectivity index (χ1n) is 8.86. The van der Waals surface area contributed by atoms with Crippen LogP contribution in [0.15, 0.2) is 30.3 Å². The van der Waals surface area contributed by atoms with Gasteiger partial charge in [0.05, 0.1) is 5.92 Å². The minimum atomic E-state index is -1.52. The van der Waals surface area contributed by atoms with Crippen LogP contribution in [0.25, 0.3) is 0 Å². The van der Waals surface area contributed by atoms with E-state index in [9.17, 15) is 9.18 Å². The highest BCUT2D eigenvalue weighted by molar-refractivity contribution is 5.78. The third-order valence-electron chi connectivity index (χ3n) is 5.66. The monoisotopic (exact) mass is 318 g/mol. The standard InChI is InChI=1S/C20H27FO2/c1-13(2)16-10-9-14(3)11-18(16)23-19(22)17-12-20(17,21)15-7-5-4-6-8-15/h4-8,13-14,16-18H,9-12H2,1-3H3/t14-,16+,17-,18-,20+/m1/s1. The summed E-state index contributed by atoms with van der Waals surface area (Å²) in [6, 6.07) is 9.00. The number of alkyl halides is 1. The van der Waals surface area contributed by atoms with Crippen molar-refractivity contribution in [2.45, 2.75) is 58.2 Å². The van der Waals surface area contributed by atoms with Gasteiger partial charge in [-0.15, -0.1) is 0 Å². The van der Waals surface area contributed by atoms with Gasteiger partial charge in [0.1, 0.15) is 11.8 Å². The second-order valence-corrected chi connectivity index (χ2v) is 7.79. The van der Waals surface area contributed by atoms with Crippen LogP contribution in [0.1, 0.15) is 52.0 Å². The Labute approximate surface area is 138 Å². The Morgan fingerprint density at radius 3 is 2.61 bits per heavy atom. The molecule has 126 valence electrons. The number of carbonyl (C=O) groups excluding carboxylic acids is 1. The molecule has 0 spiro atoms. The van der Waals surface area contributed by atoms with E-state index in [-0.39, 0.29) is 18.5 Å². The van der Waals surface area contributed by atoms with Gasteiger partial charge in [-0.3, -0.25) is 4.79 Å². The van der Waals surface area contributed by atoms with Crippen molar-refractivity contribution in [3.05, 3.63) is 35.9 Å². The fraction of sp³-hybridized carbons (Fsp3) is 0.650. The molecule has 0 unspecified atom stereocenters. The van der Waals surface area contributed by atoms with Crippen molar-refractivity contribution in [2.24, 2.45) is 23.7 Å². The van der Waals surface area contributed by atoms with Crippen molar-refractivity contribution in [3.63, 3.8) is 0 Å². The largest absolute Gasteiger partial charge is 0.462 e. The number of halogens is 1. The quantitative estimate of drug-likeness (QED) is 0.740. The van der Waals surface area contributed by atoms with Gasteiger partial charge in [-0.1, -0.05) is 57.5 Å². The smallest absolute Gasteiger partial charge is 0.312 e. The lowest BCUT2D eigenvalue weighted by molar-refractivity contribution is -0.158. The third kappa shape index (κ3) is 3.29. The fourth-order valence-electron chi connectivity index (χ4n) is 4.02. The number of hydrogen-bond donors (Lipinski definition) is 0. The van der Waals surface area contributed by atoms with Crippen LogP contribution in [0, 0.1) is 23.7 Å². The maximum Gasteiger partial charge on any atom is 0.312 e. The van der Waals surface area contributed by atoms with Crippen LogP contribution in [0.4, 0.5) is 4.39 Å². The molecular weight excluding hydrogens is 291 g/mol. The molecule has 2 aliphatic rings. The lowest BCUT2D eigenvalue weighted by Crippen LogP contribution is -2.36. The maximum absolute atomic E-state index is 14.9. The van der Waals surface area contributed by atoms with Gasteiger partial charge in [0.15, 0.2) is 0 Å². The molecule has 2 aliphatic carbocycles. The van der Waals surface area contributed by atoms with Gasteiger partial charge in [-0.05, 0) is 36.2 Å². The summed E-state index contributed by atoms with van der Waals surface area (Å²) in [6.07, 6.45) is 3.40. The lowest BCUT2D eigenvalue weighted by Gasteiger charge is -2.36. The molecule has 3 heteroatoms. The van der Waals surface area contributed by atoms with E-state index >= 15 is 0 Å². The summed E-state index contributed by atoms with van der Waals surface area (Å²) in [5, 5.41) is 0. The SMILES string of the molecule is CC(C)[C@@H]1CC[C@@H](C)C[C@H]1OC(=O)[C@H]1C[C@]1(F)c1ccccc1. The zero-order chi connectivity index (χ0) is 16.6. The predicted octanol–water partition coefficient (Wildman–Crippen LogP) is 4.88. The van der Waals surface area contributed by atoms with E-state index < -0.39 is 11.6 Å². The van der Waals surface area contributed by atoms with Crippen molar-refractivity contribution >= 4 is 5.97 Å². The van der Waals surface area contributed by atoms with Crippen molar-refractivity contribution in [1.29, 1.82) is 0 Å². The van der Waals surface area contributed by atoms with Gasteiger partial charge < -0.3 is 4.74 Å². The average molecular weight is 318 g/mol. The molecule has 0 bridgehead atoms. The van der Waals surface area contributed by atoms with Gasteiger partial charge in [0.2, 0.25) is 0 Å². The summed E-state index contributed by atoms with van der Waals surface area (Å²) in [6.45, 7) is 6.57. The zero-order valence-electron chi connectivity index (χ0n) is 14.3. The fourth-order valence-corrected chi connectivity index (χ4v) is 4.02. The van der Waals surface area contributed by atoms with E-state index in [1.165, 1.54) is 6.42 Å². The van der Waals surface area contributed by atoms with Gasteiger partial charge in [-0.25, -0.2) is 4.39 Å². The maximum atomic E-state index is 14.9. The van der Waals surface area contributed by atoms with Crippen LogP contribution >= 0.6 is 0 Å². The number of hydrogen-bond acceptors (Lipinski definition) is 2. The van der Waals surface area contributed by atoms with Crippen LogP contribution in [-0.4, -0.2) is 12.1 Å². The predicted molar refractivity (Wildman–Crippen MR) is 88.6 cm³/mol. The average Bonchev–Trinajstić information content (AvgIpc) is 3.22. The van der Waals surface area contributed by atoms with Crippen LogP contribution in [0.3, 0.4) is 0 Å². The summed E-state index contributed by atoms with van der Waals surface area (Å²) >= 11 is 0. The van der Waals surface area contributed by atoms with E-state index in [1.54, 1.807) is 12.1 Å². The molecule has 1 aromatic carbocycles. The highest BCUT2D eigenvalue weighted by Gasteiger charge is 2.62. The third-order valence-corrected chi connectivity index (χ3v) is 5.66. The Balaban J connectivity index is 1.65. The number of esters is 1. The van der Waals surface area contributed by atoms with Crippen molar-refractivity contribution < 1.29 is 13.9 Å². The van der Waals surface area contributed by atoms with Crippen molar-refractivity contribution in [2.75, 3.05) is 0 Å². The van der Waals surface area contributed by atoms with E-state index in [1.807, 2.05) is 18.2 Å². The van der Waals surface area contributed by atoms with E-state index in [4.69, 9.17) is 4.74 Å². The lowest BCUT2D eigenvalue weighted by atomic mass is 9.75. The minimum absolute atomic E-state index is 0.0492. The molecule has 0 N–H and O–H groups in total. The van der Waals surface area contributed by atoms with Crippen LogP contribution < -0.4 is 0 Å². The van der Waals surface area contributed by atoms with E-state index in [2.05, 4.69) is 20.8 Å². The molecule has 0 saturated heterocycles. The number of rotatable bonds is 4. The molecule has 2 saturated carbocycles. The van der Waals surface area contributed by atoms with Gasteiger partial charge in [0.25, 0.3) is 0 Å². The Morgan fingerprint density at radius 2 is 1.96 bits per heavy atom. The van der Waals surface area contributed by atoms with E-state index in [0.717, 1.165) is 12.8 Å². The summed E-state index contributed by atoms with van der Waals surface area (Å²) in [5.41, 5.74) is -0.925. The molecule has 0 heterocycles. The Bertz CT molecular complexity index is 556. The highest BCUT2D eigenvalue weighted by atomic mass is 19.1. The minimum Gasteiger partial charge on any atom is -0.462 e. The van der Waals surface area contributed by atoms with Crippen molar-refractivity contribution in [1.82, 2.24) is 0 Å². The molecular formula is C20H27FO2. The summed E-state index contributed by atoms with van der Waals surface area (Å²) in [5.74, 6) is 0.491. The molecule has 5 atom stereocenters. The Kier molecular flexibility index (Phi) is 4.48. The first-order valence-corrected chi connectivity index (χ1v) is 8.86. The first kappa shape index (κ1) is 16.5. The van der Waals surface area contributed by atoms with Crippen LogP contribution in [-0.2, 0) is 15.2 Å². The number of benzene rings is 1. The van der Waals surface area contributed by atoms with E-state index in [0.29, 0.717) is 23.3 Å². The molecule has 0 aliphatic heterocycles. The number of carbonyl (C=O) groups is 1. The Hall–Kier alpha value is -1.38. The molecule has 0 amide bonds. The first-order chi connectivity index (χ1) is 10.9. The summed E-state index contributed by atoms with van der Waals surface area (Å²) in [7, 11) is 0. The van der Waals surface area contributed by atoms with Gasteiger partial charge in [0, 0.05) is 6.42 Å².